The summed E-state index contributed by atoms with van der Waals surface area (Å²) in [6.45, 7) is 2.17. The lowest BCUT2D eigenvalue weighted by Crippen LogP contribution is -2.30. The Morgan fingerprint density at radius 3 is 2.79 bits per heavy atom. The Labute approximate surface area is 120 Å². The summed E-state index contributed by atoms with van der Waals surface area (Å²) in [5.74, 6) is 0.721. The van der Waals surface area contributed by atoms with Crippen molar-refractivity contribution in [1.29, 1.82) is 0 Å². The molecule has 1 heterocycles. The van der Waals surface area contributed by atoms with Gasteiger partial charge in [-0.3, -0.25) is 10.1 Å². The van der Waals surface area contributed by atoms with Gasteiger partial charge in [0.25, 0.3) is 0 Å². The van der Waals surface area contributed by atoms with Crippen LogP contribution in [-0.4, -0.2) is 12.5 Å². The van der Waals surface area contributed by atoms with Gasteiger partial charge in [-0.25, -0.2) is 0 Å². The summed E-state index contributed by atoms with van der Waals surface area (Å²) in [5, 5.41) is 5.94. The molecular formula is C14H15BrN2O2. The van der Waals surface area contributed by atoms with Crippen LogP contribution in [0.3, 0.4) is 0 Å². The molecule has 1 aromatic heterocycles. The fourth-order valence-electron chi connectivity index (χ4n) is 1.64. The van der Waals surface area contributed by atoms with Gasteiger partial charge in [0.1, 0.15) is 5.76 Å². The van der Waals surface area contributed by atoms with Gasteiger partial charge in [-0.2, -0.15) is 0 Å². The van der Waals surface area contributed by atoms with E-state index in [-0.39, 0.29) is 18.5 Å². The third-order valence-electron chi connectivity index (χ3n) is 2.69. The van der Waals surface area contributed by atoms with Gasteiger partial charge in [-0.05, 0) is 47.1 Å². The molecule has 0 saturated heterocycles. The second-order valence-electron chi connectivity index (χ2n) is 4.15. The largest absolute Gasteiger partial charge is 0.468 e. The van der Waals surface area contributed by atoms with E-state index in [0.717, 1.165) is 15.9 Å². The van der Waals surface area contributed by atoms with Gasteiger partial charge in [-0.15, -0.1) is 0 Å². The van der Waals surface area contributed by atoms with Gasteiger partial charge < -0.3 is 9.73 Å². The van der Waals surface area contributed by atoms with Gasteiger partial charge in [0, 0.05) is 4.47 Å². The minimum absolute atomic E-state index is 0.0000333. The predicted molar refractivity (Wildman–Crippen MR) is 77.9 cm³/mol. The Kier molecular flexibility index (Phi) is 4.76. The van der Waals surface area contributed by atoms with Crippen LogP contribution >= 0.6 is 15.9 Å². The number of halogens is 1. The number of anilines is 1. The van der Waals surface area contributed by atoms with Crippen molar-refractivity contribution in [2.75, 3.05) is 11.9 Å². The van der Waals surface area contributed by atoms with Crippen molar-refractivity contribution >= 4 is 27.5 Å². The van der Waals surface area contributed by atoms with Crippen molar-refractivity contribution in [3.05, 3.63) is 52.9 Å². The Morgan fingerprint density at radius 1 is 1.32 bits per heavy atom. The molecule has 1 amide bonds. The first kappa shape index (κ1) is 13.8. The molecule has 0 aliphatic carbocycles. The van der Waals surface area contributed by atoms with Crippen LogP contribution in [0.4, 0.5) is 5.69 Å². The molecule has 0 aliphatic heterocycles. The Balaban J connectivity index is 1.84. The molecule has 4 nitrogen and oxygen atoms in total. The first-order chi connectivity index (χ1) is 9.16. The van der Waals surface area contributed by atoms with Crippen LogP contribution in [0, 0.1) is 0 Å². The summed E-state index contributed by atoms with van der Waals surface area (Å²) in [6.07, 6.45) is 1.62. The van der Waals surface area contributed by atoms with Crippen molar-refractivity contribution in [3.8, 4) is 0 Å². The Morgan fingerprint density at radius 2 is 2.11 bits per heavy atom. The number of para-hydroxylation sites is 1. The fourth-order valence-corrected chi connectivity index (χ4v) is 2.02. The number of nitrogens with one attached hydrogen (secondary N) is 2. The van der Waals surface area contributed by atoms with Crippen LogP contribution in [0.5, 0.6) is 0 Å². The number of furan rings is 1. The van der Waals surface area contributed by atoms with Gasteiger partial charge >= 0.3 is 0 Å². The van der Waals surface area contributed by atoms with E-state index >= 15 is 0 Å². The van der Waals surface area contributed by atoms with E-state index in [0.29, 0.717) is 0 Å². The standard InChI is InChI=1S/C14H15BrN2O2/c1-10(13-7-4-8-19-13)16-9-14(18)17-12-6-3-2-5-11(12)15/h2-8,10,16H,9H2,1H3,(H,17,18). The molecule has 1 atom stereocenters. The Hall–Kier alpha value is -1.59. The van der Waals surface area contributed by atoms with E-state index in [1.165, 1.54) is 0 Å². The van der Waals surface area contributed by atoms with E-state index < -0.39 is 0 Å². The number of hydrogen-bond acceptors (Lipinski definition) is 3. The number of hydrogen-bond donors (Lipinski definition) is 2. The molecule has 19 heavy (non-hydrogen) atoms. The van der Waals surface area contributed by atoms with Crippen molar-refractivity contribution in [2.45, 2.75) is 13.0 Å². The molecular weight excluding hydrogens is 308 g/mol. The second kappa shape index (κ2) is 6.54. The molecule has 1 aromatic carbocycles. The van der Waals surface area contributed by atoms with Gasteiger partial charge in [0.15, 0.2) is 0 Å². The van der Waals surface area contributed by atoms with Crippen LogP contribution in [-0.2, 0) is 4.79 Å². The summed E-state index contributed by atoms with van der Waals surface area (Å²) >= 11 is 3.39. The third kappa shape index (κ3) is 3.94. The summed E-state index contributed by atoms with van der Waals surface area (Å²) in [6, 6.07) is 11.2. The number of rotatable bonds is 5. The van der Waals surface area contributed by atoms with Crippen LogP contribution in [0.1, 0.15) is 18.7 Å². The molecule has 2 rings (SSSR count). The van der Waals surface area contributed by atoms with Gasteiger partial charge in [-0.1, -0.05) is 12.1 Å². The Bertz CT molecular complexity index is 540. The predicted octanol–water partition coefficient (Wildman–Crippen LogP) is 3.33. The number of benzene rings is 1. The molecule has 0 saturated carbocycles. The molecule has 0 radical (unpaired) electrons. The zero-order chi connectivity index (χ0) is 13.7. The topological polar surface area (TPSA) is 54.3 Å². The normalized spacial score (nSPS) is 12.1. The van der Waals surface area contributed by atoms with E-state index in [4.69, 9.17) is 4.42 Å². The van der Waals surface area contributed by atoms with Gasteiger partial charge in [0.05, 0.1) is 24.5 Å². The van der Waals surface area contributed by atoms with Crippen LogP contribution < -0.4 is 10.6 Å². The van der Waals surface area contributed by atoms with Crippen LogP contribution in [0.25, 0.3) is 0 Å². The average molecular weight is 323 g/mol. The molecule has 2 N–H and O–H groups in total. The van der Waals surface area contributed by atoms with Crippen molar-refractivity contribution in [2.24, 2.45) is 0 Å². The van der Waals surface area contributed by atoms with Crippen molar-refractivity contribution in [1.82, 2.24) is 5.32 Å². The number of carbonyl (C=O) groups is 1. The highest BCUT2D eigenvalue weighted by molar-refractivity contribution is 9.10. The zero-order valence-corrected chi connectivity index (χ0v) is 12.1. The van der Waals surface area contributed by atoms with Gasteiger partial charge in [0.2, 0.25) is 5.91 Å². The summed E-state index contributed by atoms with van der Waals surface area (Å²) in [5.41, 5.74) is 0.764. The van der Waals surface area contributed by atoms with Crippen LogP contribution in [0.2, 0.25) is 0 Å². The number of carbonyl (C=O) groups excluding carboxylic acids is 1. The fraction of sp³-hybridized carbons (Fsp3) is 0.214. The highest BCUT2D eigenvalue weighted by Gasteiger charge is 2.10. The highest BCUT2D eigenvalue weighted by Crippen LogP contribution is 2.21. The molecule has 2 aromatic rings. The second-order valence-corrected chi connectivity index (χ2v) is 5.00. The minimum Gasteiger partial charge on any atom is -0.468 e. The maximum Gasteiger partial charge on any atom is 0.238 e. The molecule has 100 valence electrons. The van der Waals surface area contributed by atoms with E-state index in [1.54, 1.807) is 6.26 Å². The highest BCUT2D eigenvalue weighted by atomic mass is 79.9. The van der Waals surface area contributed by atoms with E-state index in [2.05, 4.69) is 26.6 Å². The van der Waals surface area contributed by atoms with E-state index in [9.17, 15) is 4.79 Å². The molecule has 0 fully saturated rings. The lowest BCUT2D eigenvalue weighted by molar-refractivity contribution is -0.115. The first-order valence-corrected chi connectivity index (χ1v) is 6.77. The zero-order valence-electron chi connectivity index (χ0n) is 10.5. The van der Waals surface area contributed by atoms with Crippen molar-refractivity contribution in [3.63, 3.8) is 0 Å². The quantitative estimate of drug-likeness (QED) is 0.887. The molecule has 0 bridgehead atoms. The average Bonchev–Trinajstić information content (AvgIpc) is 2.93. The smallest absolute Gasteiger partial charge is 0.238 e. The monoisotopic (exact) mass is 322 g/mol. The third-order valence-corrected chi connectivity index (χ3v) is 3.38. The SMILES string of the molecule is CC(NCC(=O)Nc1ccccc1Br)c1ccco1. The maximum absolute atomic E-state index is 11.8. The maximum atomic E-state index is 11.8. The van der Waals surface area contributed by atoms with E-state index in [1.807, 2.05) is 43.3 Å². The molecule has 0 aliphatic rings. The summed E-state index contributed by atoms with van der Waals surface area (Å²) in [7, 11) is 0. The lowest BCUT2D eigenvalue weighted by Gasteiger charge is -2.12. The first-order valence-electron chi connectivity index (χ1n) is 5.98. The molecule has 5 heteroatoms. The summed E-state index contributed by atoms with van der Waals surface area (Å²) in [4.78, 5) is 11.8. The van der Waals surface area contributed by atoms with Crippen LogP contribution in [0.15, 0.2) is 51.6 Å². The summed E-state index contributed by atoms with van der Waals surface area (Å²) < 4.78 is 6.13. The lowest BCUT2D eigenvalue weighted by atomic mass is 10.2. The van der Waals surface area contributed by atoms with Crippen molar-refractivity contribution < 1.29 is 9.21 Å². The molecule has 0 spiro atoms. The number of amides is 1. The minimum atomic E-state index is -0.0923. The molecule has 1 unspecified atom stereocenters.